The Morgan fingerprint density at radius 1 is 1.18 bits per heavy atom. The van der Waals surface area contributed by atoms with Crippen molar-refractivity contribution < 1.29 is 8.78 Å². The number of anilines is 1. The minimum absolute atomic E-state index is 0.284. The highest BCUT2D eigenvalue weighted by atomic mass is 35.5. The highest BCUT2D eigenvalue weighted by Gasteiger charge is 2.23. The molecule has 176 valence electrons. The van der Waals surface area contributed by atoms with Gasteiger partial charge in [-0.05, 0) is 68.1 Å². The third kappa shape index (κ3) is 4.50. The van der Waals surface area contributed by atoms with Gasteiger partial charge in [0.1, 0.15) is 5.65 Å². The smallest absolute Gasteiger partial charge is 0.224 e. The number of piperidine rings is 1. The van der Waals surface area contributed by atoms with Gasteiger partial charge >= 0.3 is 0 Å². The summed E-state index contributed by atoms with van der Waals surface area (Å²) in [5.74, 6) is -0.813. The van der Waals surface area contributed by atoms with Crippen molar-refractivity contribution in [2.45, 2.75) is 32.9 Å². The minimum Gasteiger partial charge on any atom is -0.350 e. The molecule has 0 spiro atoms. The van der Waals surface area contributed by atoms with Gasteiger partial charge in [-0.25, -0.2) is 13.8 Å². The molecule has 34 heavy (non-hydrogen) atoms. The molecule has 1 atom stereocenters. The van der Waals surface area contributed by atoms with Gasteiger partial charge in [0, 0.05) is 35.3 Å². The molecule has 8 heteroatoms. The summed E-state index contributed by atoms with van der Waals surface area (Å²) in [7, 11) is 0. The van der Waals surface area contributed by atoms with E-state index in [4.69, 9.17) is 16.6 Å². The molecule has 1 saturated heterocycles. The number of aryl methyl sites for hydroxylation is 1. The van der Waals surface area contributed by atoms with Crippen LogP contribution in [0, 0.1) is 24.5 Å². The molecule has 5 nitrogen and oxygen atoms in total. The van der Waals surface area contributed by atoms with Crippen molar-refractivity contribution >= 4 is 28.6 Å². The number of benzene rings is 2. The standard InChI is InChI=1S/C26H26ClF2N5/c1-16-20-14-32-26(31-13-17-8-9-22(28)23(29)11-17)33-25(20)34(15-18-5-4-10-30-12-18)24(16)19-6-2-3-7-21(19)27/h2-3,6-9,11,14,18,30H,4-5,10,12-13,15H2,1H3,(H,31,32,33). The Kier molecular flexibility index (Phi) is 6.48. The maximum atomic E-state index is 13.6. The lowest BCUT2D eigenvalue weighted by atomic mass is 9.99. The van der Waals surface area contributed by atoms with Crippen LogP contribution in [0.5, 0.6) is 0 Å². The Morgan fingerprint density at radius 2 is 2.03 bits per heavy atom. The van der Waals surface area contributed by atoms with Gasteiger partial charge in [0.2, 0.25) is 5.95 Å². The Balaban J connectivity index is 1.54. The van der Waals surface area contributed by atoms with E-state index in [1.165, 1.54) is 6.07 Å². The summed E-state index contributed by atoms with van der Waals surface area (Å²) in [4.78, 5) is 9.33. The summed E-state index contributed by atoms with van der Waals surface area (Å²) in [6.45, 7) is 5.20. The van der Waals surface area contributed by atoms with E-state index in [2.05, 4.69) is 27.1 Å². The maximum absolute atomic E-state index is 13.6. The first-order valence-electron chi connectivity index (χ1n) is 11.5. The Labute approximate surface area is 202 Å². The average molecular weight is 482 g/mol. The summed E-state index contributed by atoms with van der Waals surface area (Å²) in [5.41, 5.74) is 4.55. The topological polar surface area (TPSA) is 54.8 Å². The van der Waals surface area contributed by atoms with Gasteiger partial charge in [-0.2, -0.15) is 4.98 Å². The van der Waals surface area contributed by atoms with Crippen LogP contribution in [-0.2, 0) is 13.1 Å². The number of aromatic nitrogens is 3. The Hall–Kier alpha value is -3.03. The largest absolute Gasteiger partial charge is 0.350 e. The van der Waals surface area contributed by atoms with Gasteiger partial charge in [-0.3, -0.25) is 0 Å². The van der Waals surface area contributed by atoms with E-state index in [0.717, 1.165) is 66.4 Å². The SMILES string of the molecule is Cc1c(-c2ccccc2Cl)n(CC2CCCNC2)c2nc(NCc3ccc(F)c(F)c3)ncc12. The Morgan fingerprint density at radius 3 is 2.79 bits per heavy atom. The van der Waals surface area contributed by atoms with Gasteiger partial charge in [-0.15, -0.1) is 0 Å². The van der Waals surface area contributed by atoms with Crippen molar-refractivity contribution in [2.75, 3.05) is 18.4 Å². The molecular weight excluding hydrogens is 456 g/mol. The van der Waals surface area contributed by atoms with E-state index in [0.29, 0.717) is 22.5 Å². The van der Waals surface area contributed by atoms with Crippen molar-refractivity contribution in [1.29, 1.82) is 0 Å². The molecule has 1 aliphatic heterocycles. The number of nitrogens with one attached hydrogen (secondary N) is 2. The van der Waals surface area contributed by atoms with Crippen LogP contribution in [0.2, 0.25) is 5.02 Å². The fourth-order valence-electron chi connectivity index (χ4n) is 4.71. The van der Waals surface area contributed by atoms with Crippen molar-refractivity contribution in [3.05, 3.63) is 76.4 Å². The summed E-state index contributed by atoms with van der Waals surface area (Å²) in [6, 6.07) is 11.7. The van der Waals surface area contributed by atoms with Gasteiger partial charge in [-0.1, -0.05) is 35.9 Å². The molecule has 5 rings (SSSR count). The van der Waals surface area contributed by atoms with E-state index in [1.54, 1.807) is 6.07 Å². The second-order valence-electron chi connectivity index (χ2n) is 8.81. The molecule has 4 aromatic rings. The van der Waals surface area contributed by atoms with Crippen molar-refractivity contribution in [3.63, 3.8) is 0 Å². The predicted octanol–water partition coefficient (Wildman–Crippen LogP) is 5.95. The van der Waals surface area contributed by atoms with E-state index in [1.807, 2.05) is 30.5 Å². The lowest BCUT2D eigenvalue weighted by Crippen LogP contribution is -2.32. The number of hydrogen-bond donors (Lipinski definition) is 2. The van der Waals surface area contributed by atoms with Crippen LogP contribution in [0.15, 0.2) is 48.7 Å². The fraction of sp³-hybridized carbons (Fsp3) is 0.308. The van der Waals surface area contributed by atoms with Gasteiger partial charge in [0.15, 0.2) is 11.6 Å². The first kappa shape index (κ1) is 22.7. The normalized spacial score (nSPS) is 16.2. The zero-order chi connectivity index (χ0) is 23.7. The van der Waals surface area contributed by atoms with Crippen LogP contribution in [0.1, 0.15) is 24.0 Å². The number of nitrogens with zero attached hydrogens (tertiary/aromatic N) is 3. The lowest BCUT2D eigenvalue weighted by molar-refractivity contribution is 0.341. The summed E-state index contributed by atoms with van der Waals surface area (Å²) >= 11 is 6.61. The highest BCUT2D eigenvalue weighted by molar-refractivity contribution is 6.33. The number of rotatable bonds is 6. The van der Waals surface area contributed by atoms with Gasteiger partial charge in [0.25, 0.3) is 0 Å². The summed E-state index contributed by atoms with van der Waals surface area (Å²) in [5, 5.41) is 8.31. The van der Waals surface area contributed by atoms with E-state index in [-0.39, 0.29) is 6.54 Å². The van der Waals surface area contributed by atoms with Crippen LogP contribution in [0.25, 0.3) is 22.3 Å². The average Bonchev–Trinajstić information content (AvgIpc) is 3.11. The van der Waals surface area contributed by atoms with Crippen LogP contribution < -0.4 is 10.6 Å². The van der Waals surface area contributed by atoms with Crippen molar-refractivity contribution in [1.82, 2.24) is 19.9 Å². The maximum Gasteiger partial charge on any atom is 0.224 e. The zero-order valence-electron chi connectivity index (χ0n) is 18.9. The van der Waals surface area contributed by atoms with Gasteiger partial charge in [0.05, 0.1) is 5.69 Å². The number of hydrogen-bond acceptors (Lipinski definition) is 4. The van der Waals surface area contributed by atoms with E-state index < -0.39 is 11.6 Å². The molecule has 0 radical (unpaired) electrons. The first-order valence-corrected chi connectivity index (χ1v) is 11.9. The third-order valence-corrected chi connectivity index (χ3v) is 6.79. The van der Waals surface area contributed by atoms with Crippen LogP contribution in [0.3, 0.4) is 0 Å². The number of fused-ring (bicyclic) bond motifs is 1. The molecule has 1 fully saturated rings. The van der Waals surface area contributed by atoms with E-state index in [9.17, 15) is 8.78 Å². The third-order valence-electron chi connectivity index (χ3n) is 6.46. The second-order valence-corrected chi connectivity index (χ2v) is 9.22. The molecule has 2 aromatic heterocycles. The molecule has 1 aliphatic rings. The minimum atomic E-state index is -0.870. The molecule has 2 aromatic carbocycles. The van der Waals surface area contributed by atoms with Crippen LogP contribution in [-0.4, -0.2) is 27.6 Å². The molecule has 0 bridgehead atoms. The first-order chi connectivity index (χ1) is 16.5. The zero-order valence-corrected chi connectivity index (χ0v) is 19.7. The molecule has 0 amide bonds. The summed E-state index contributed by atoms with van der Waals surface area (Å²) in [6.07, 6.45) is 4.13. The number of halogens is 3. The molecule has 0 saturated carbocycles. The quantitative estimate of drug-likeness (QED) is 0.357. The second kappa shape index (κ2) is 9.68. The Bertz CT molecular complexity index is 1330. The van der Waals surface area contributed by atoms with Crippen molar-refractivity contribution in [2.24, 2.45) is 5.92 Å². The lowest BCUT2D eigenvalue weighted by Gasteiger charge is -2.24. The molecule has 2 N–H and O–H groups in total. The molecular formula is C26H26ClF2N5. The van der Waals surface area contributed by atoms with Crippen LogP contribution in [0.4, 0.5) is 14.7 Å². The fourth-order valence-corrected chi connectivity index (χ4v) is 4.94. The summed E-state index contributed by atoms with van der Waals surface area (Å²) < 4.78 is 29.1. The molecule has 1 unspecified atom stereocenters. The molecule has 3 heterocycles. The molecule has 0 aliphatic carbocycles. The highest BCUT2D eigenvalue weighted by Crippen LogP contribution is 2.37. The van der Waals surface area contributed by atoms with E-state index >= 15 is 0 Å². The van der Waals surface area contributed by atoms with Gasteiger partial charge < -0.3 is 15.2 Å². The van der Waals surface area contributed by atoms with Crippen LogP contribution >= 0.6 is 11.6 Å². The predicted molar refractivity (Wildman–Crippen MR) is 132 cm³/mol. The monoisotopic (exact) mass is 481 g/mol. The van der Waals surface area contributed by atoms with Crippen molar-refractivity contribution in [3.8, 4) is 11.3 Å².